The van der Waals surface area contributed by atoms with Crippen LogP contribution < -0.4 is 0 Å². The molecule has 1 rings (SSSR count). The molecule has 0 amide bonds. The molecule has 0 bridgehead atoms. The largest absolute Gasteiger partial charge is 0.394 e. The van der Waals surface area contributed by atoms with Gasteiger partial charge in [-0.3, -0.25) is 0 Å². The molecule has 0 spiro atoms. The summed E-state index contributed by atoms with van der Waals surface area (Å²) in [6, 6.07) is 0. The second-order valence-electron chi connectivity index (χ2n) is 4.54. The molecule has 0 aliphatic carbocycles. The van der Waals surface area contributed by atoms with E-state index >= 15 is 0 Å². The van der Waals surface area contributed by atoms with Gasteiger partial charge in [-0.2, -0.15) is 0 Å². The van der Waals surface area contributed by atoms with Gasteiger partial charge in [0.1, 0.15) is 23.9 Å². The number of hydrogen-bond acceptors (Lipinski definition) is 6. The van der Waals surface area contributed by atoms with Crippen LogP contribution >= 0.6 is 0 Å². The van der Waals surface area contributed by atoms with Crippen LogP contribution in [0.1, 0.15) is 20.8 Å². The van der Waals surface area contributed by atoms with Gasteiger partial charge >= 0.3 is 0 Å². The molecule has 1 aliphatic heterocycles. The predicted octanol–water partition coefficient (Wildman–Crippen LogP) is -1.40. The van der Waals surface area contributed by atoms with Gasteiger partial charge in [0, 0.05) is 0 Å². The summed E-state index contributed by atoms with van der Waals surface area (Å²) in [6.45, 7) is 4.38. The van der Waals surface area contributed by atoms with Crippen molar-refractivity contribution in [1.29, 1.82) is 0 Å². The Bertz CT molecular complexity index is 229. The topological polar surface area (TPSA) is 99.4 Å². The van der Waals surface area contributed by atoms with Crippen LogP contribution in [0.2, 0.25) is 0 Å². The van der Waals surface area contributed by atoms with E-state index < -0.39 is 36.8 Å². The average molecular weight is 236 g/mol. The van der Waals surface area contributed by atoms with E-state index in [9.17, 15) is 15.3 Å². The lowest BCUT2D eigenvalue weighted by Crippen LogP contribution is -2.66. The van der Waals surface area contributed by atoms with Gasteiger partial charge < -0.3 is 29.9 Å². The van der Waals surface area contributed by atoms with Gasteiger partial charge in [0.05, 0.1) is 12.7 Å². The second kappa shape index (κ2) is 4.95. The summed E-state index contributed by atoms with van der Waals surface area (Å²) in [5.74, 6) is 0. The van der Waals surface area contributed by atoms with Crippen LogP contribution in [0.25, 0.3) is 0 Å². The monoisotopic (exact) mass is 236 g/mol. The molecule has 16 heavy (non-hydrogen) atoms. The van der Waals surface area contributed by atoms with Gasteiger partial charge in [-0.25, -0.2) is 0 Å². The zero-order valence-electron chi connectivity index (χ0n) is 9.70. The van der Waals surface area contributed by atoms with Crippen molar-refractivity contribution in [2.45, 2.75) is 57.1 Å². The standard InChI is InChI=1S/C10H20O6/c1-5(2)15-9-10(3,14)8(13)7(12)6(4-11)16-9/h5-9,11-14H,4H2,1-3H3/t6-,7-,8+,9+,10-/m1/s1. The lowest BCUT2D eigenvalue weighted by Gasteiger charge is -2.46. The Morgan fingerprint density at radius 2 is 1.94 bits per heavy atom. The molecule has 96 valence electrons. The van der Waals surface area contributed by atoms with Crippen LogP contribution in [0.3, 0.4) is 0 Å². The Hall–Kier alpha value is -0.240. The highest BCUT2D eigenvalue weighted by molar-refractivity contribution is 4.97. The van der Waals surface area contributed by atoms with Crippen LogP contribution in [0, 0.1) is 0 Å². The summed E-state index contributed by atoms with van der Waals surface area (Å²) in [7, 11) is 0. The minimum absolute atomic E-state index is 0.210. The normalized spacial score (nSPS) is 45.0. The SMILES string of the molecule is CC(C)O[C@H]1O[C@H](CO)[C@@H](O)[C@H](O)[C@@]1(C)O. The second-order valence-corrected chi connectivity index (χ2v) is 4.54. The van der Waals surface area contributed by atoms with Crippen molar-refractivity contribution in [3.05, 3.63) is 0 Å². The first kappa shape index (κ1) is 13.8. The lowest BCUT2D eigenvalue weighted by molar-refractivity contribution is -0.342. The Morgan fingerprint density at radius 3 is 2.38 bits per heavy atom. The van der Waals surface area contributed by atoms with Crippen LogP contribution in [-0.4, -0.2) is 63.3 Å². The van der Waals surface area contributed by atoms with Crippen molar-refractivity contribution in [3.8, 4) is 0 Å². The Balaban J connectivity index is 2.82. The third-order valence-electron chi connectivity index (χ3n) is 2.65. The minimum Gasteiger partial charge on any atom is -0.394 e. The first-order valence-electron chi connectivity index (χ1n) is 5.31. The zero-order chi connectivity index (χ0) is 12.5. The molecule has 1 heterocycles. The van der Waals surface area contributed by atoms with Crippen molar-refractivity contribution in [3.63, 3.8) is 0 Å². The molecule has 0 aromatic carbocycles. The zero-order valence-corrected chi connectivity index (χ0v) is 9.70. The summed E-state index contributed by atoms with van der Waals surface area (Å²) in [6.07, 6.45) is -5.02. The van der Waals surface area contributed by atoms with E-state index in [-0.39, 0.29) is 6.10 Å². The first-order valence-corrected chi connectivity index (χ1v) is 5.31. The van der Waals surface area contributed by atoms with Crippen LogP contribution in [0.5, 0.6) is 0 Å². The van der Waals surface area contributed by atoms with Crippen molar-refractivity contribution < 1.29 is 29.9 Å². The maximum Gasteiger partial charge on any atom is 0.189 e. The predicted molar refractivity (Wildman–Crippen MR) is 54.6 cm³/mol. The molecule has 0 unspecified atom stereocenters. The Morgan fingerprint density at radius 1 is 1.38 bits per heavy atom. The van der Waals surface area contributed by atoms with E-state index in [0.717, 1.165) is 0 Å². The summed E-state index contributed by atoms with van der Waals surface area (Å²) >= 11 is 0. The number of ether oxygens (including phenoxy) is 2. The van der Waals surface area contributed by atoms with Crippen LogP contribution in [0.15, 0.2) is 0 Å². The average Bonchev–Trinajstić information content (AvgIpc) is 2.19. The molecular formula is C10H20O6. The van der Waals surface area contributed by atoms with E-state index in [2.05, 4.69) is 0 Å². The van der Waals surface area contributed by atoms with E-state index in [1.165, 1.54) is 6.92 Å². The first-order chi connectivity index (χ1) is 7.30. The van der Waals surface area contributed by atoms with Gasteiger partial charge in [0.25, 0.3) is 0 Å². The molecule has 0 aromatic rings. The van der Waals surface area contributed by atoms with Gasteiger partial charge in [0.15, 0.2) is 6.29 Å². The summed E-state index contributed by atoms with van der Waals surface area (Å²) in [5.41, 5.74) is -1.71. The maximum absolute atomic E-state index is 9.99. The number of rotatable bonds is 3. The summed E-state index contributed by atoms with van der Waals surface area (Å²) in [5, 5.41) is 38.3. The van der Waals surface area contributed by atoms with Gasteiger partial charge in [-0.1, -0.05) is 0 Å². The minimum atomic E-state index is -1.71. The number of aliphatic hydroxyl groups is 4. The highest BCUT2D eigenvalue weighted by Gasteiger charge is 2.52. The maximum atomic E-state index is 9.99. The molecule has 4 N–H and O–H groups in total. The molecule has 0 radical (unpaired) electrons. The number of aliphatic hydroxyl groups excluding tert-OH is 3. The lowest BCUT2D eigenvalue weighted by atomic mass is 9.88. The molecule has 0 saturated carbocycles. The molecule has 5 atom stereocenters. The Kier molecular flexibility index (Phi) is 4.28. The third-order valence-corrected chi connectivity index (χ3v) is 2.65. The number of hydrogen-bond donors (Lipinski definition) is 4. The van der Waals surface area contributed by atoms with Crippen molar-refractivity contribution in [2.24, 2.45) is 0 Å². The third kappa shape index (κ3) is 2.53. The van der Waals surface area contributed by atoms with Crippen LogP contribution in [0.4, 0.5) is 0 Å². The van der Waals surface area contributed by atoms with Crippen molar-refractivity contribution in [2.75, 3.05) is 6.61 Å². The smallest absolute Gasteiger partial charge is 0.189 e. The van der Waals surface area contributed by atoms with E-state index in [1.807, 2.05) is 0 Å². The van der Waals surface area contributed by atoms with Crippen molar-refractivity contribution >= 4 is 0 Å². The van der Waals surface area contributed by atoms with Gasteiger partial charge in [0.2, 0.25) is 0 Å². The molecule has 1 fully saturated rings. The summed E-state index contributed by atoms with van der Waals surface area (Å²) in [4.78, 5) is 0. The molecule has 6 nitrogen and oxygen atoms in total. The van der Waals surface area contributed by atoms with Crippen molar-refractivity contribution in [1.82, 2.24) is 0 Å². The fraction of sp³-hybridized carbons (Fsp3) is 1.00. The summed E-state index contributed by atoms with van der Waals surface area (Å²) < 4.78 is 10.5. The fourth-order valence-electron chi connectivity index (χ4n) is 1.63. The van der Waals surface area contributed by atoms with Gasteiger partial charge in [-0.05, 0) is 20.8 Å². The molecule has 0 aromatic heterocycles. The van der Waals surface area contributed by atoms with Crippen LogP contribution in [-0.2, 0) is 9.47 Å². The molecule has 6 heteroatoms. The highest BCUT2D eigenvalue weighted by Crippen LogP contribution is 2.30. The fourth-order valence-corrected chi connectivity index (χ4v) is 1.63. The highest BCUT2D eigenvalue weighted by atomic mass is 16.7. The van der Waals surface area contributed by atoms with E-state index in [4.69, 9.17) is 14.6 Å². The Labute approximate surface area is 94.4 Å². The van der Waals surface area contributed by atoms with Gasteiger partial charge in [-0.15, -0.1) is 0 Å². The quantitative estimate of drug-likeness (QED) is 0.481. The molecule has 1 aliphatic rings. The molecule has 1 saturated heterocycles. The van der Waals surface area contributed by atoms with E-state index in [0.29, 0.717) is 0 Å². The molecular weight excluding hydrogens is 216 g/mol. The van der Waals surface area contributed by atoms with E-state index in [1.54, 1.807) is 13.8 Å².